The van der Waals surface area contributed by atoms with E-state index in [0.29, 0.717) is 12.5 Å². The predicted molar refractivity (Wildman–Crippen MR) is 106 cm³/mol. The molecule has 0 radical (unpaired) electrons. The molecule has 1 aliphatic rings. The lowest BCUT2D eigenvalue weighted by Crippen LogP contribution is -2.29. The molecule has 4 nitrogen and oxygen atoms in total. The number of benzene rings is 2. The summed E-state index contributed by atoms with van der Waals surface area (Å²) in [5.41, 5.74) is 5.09. The van der Waals surface area contributed by atoms with Crippen LogP contribution < -0.4 is 10.2 Å². The molecule has 0 saturated carbocycles. The number of hydrogen-bond acceptors (Lipinski definition) is 2. The molecule has 1 saturated heterocycles. The normalized spacial score (nSPS) is 17.0. The molecule has 0 bridgehead atoms. The fourth-order valence-electron chi connectivity index (χ4n) is 3.49. The van der Waals surface area contributed by atoms with Crippen molar-refractivity contribution in [3.05, 3.63) is 59.2 Å². The molecule has 1 aliphatic heterocycles. The second-order valence-electron chi connectivity index (χ2n) is 7.36. The van der Waals surface area contributed by atoms with Crippen molar-refractivity contribution in [2.75, 3.05) is 16.8 Å². The topological polar surface area (TPSA) is 49.4 Å². The Hall–Kier alpha value is -2.62. The third-order valence-corrected chi connectivity index (χ3v) is 5.20. The van der Waals surface area contributed by atoms with E-state index in [-0.39, 0.29) is 24.2 Å². The summed E-state index contributed by atoms with van der Waals surface area (Å²) in [6, 6.07) is 13.8. The maximum Gasteiger partial charge on any atom is 0.229 e. The number of carbonyl (C=O) groups is 2. The molecule has 1 heterocycles. The molecular formula is C22H26N2O2. The van der Waals surface area contributed by atoms with E-state index >= 15 is 0 Å². The second kappa shape index (κ2) is 7.32. The van der Waals surface area contributed by atoms with Gasteiger partial charge in [0.1, 0.15) is 0 Å². The van der Waals surface area contributed by atoms with Crippen LogP contribution in [-0.4, -0.2) is 18.4 Å². The molecule has 26 heavy (non-hydrogen) atoms. The van der Waals surface area contributed by atoms with Gasteiger partial charge in [-0.2, -0.15) is 0 Å². The molecule has 0 aromatic heterocycles. The van der Waals surface area contributed by atoms with E-state index in [4.69, 9.17) is 0 Å². The van der Waals surface area contributed by atoms with Gasteiger partial charge >= 0.3 is 0 Å². The molecule has 2 amide bonds. The Bertz CT molecular complexity index is 842. The van der Waals surface area contributed by atoms with Crippen LogP contribution in [0.1, 0.15) is 42.9 Å². The average molecular weight is 350 g/mol. The standard InChI is InChI=1S/C22H26N2O2/c1-14(2)18-9-5-6-10-19(18)23-22(26)17-12-21(25)24(13-17)20-11-7-8-15(3)16(20)4/h5-11,14,17H,12-13H2,1-4H3,(H,23,26). The fourth-order valence-corrected chi connectivity index (χ4v) is 3.49. The van der Waals surface area contributed by atoms with Gasteiger partial charge in [-0.1, -0.05) is 44.2 Å². The minimum atomic E-state index is -0.331. The number of carbonyl (C=O) groups excluding carboxylic acids is 2. The number of nitrogens with one attached hydrogen (secondary N) is 1. The van der Waals surface area contributed by atoms with Crippen molar-refractivity contribution in [3.63, 3.8) is 0 Å². The molecule has 0 aliphatic carbocycles. The SMILES string of the molecule is Cc1cccc(N2CC(C(=O)Nc3ccccc3C(C)C)CC2=O)c1C. The van der Waals surface area contributed by atoms with Crippen molar-refractivity contribution in [1.82, 2.24) is 0 Å². The van der Waals surface area contributed by atoms with Gasteiger partial charge in [-0.3, -0.25) is 9.59 Å². The first-order valence-corrected chi connectivity index (χ1v) is 9.15. The van der Waals surface area contributed by atoms with Crippen molar-refractivity contribution in [2.24, 2.45) is 5.92 Å². The van der Waals surface area contributed by atoms with Crippen LogP contribution in [-0.2, 0) is 9.59 Å². The van der Waals surface area contributed by atoms with Crippen molar-refractivity contribution in [2.45, 2.75) is 40.0 Å². The first-order valence-electron chi connectivity index (χ1n) is 9.15. The smallest absolute Gasteiger partial charge is 0.229 e. The van der Waals surface area contributed by atoms with Gasteiger partial charge in [-0.05, 0) is 48.6 Å². The monoisotopic (exact) mass is 350 g/mol. The molecule has 2 aromatic rings. The van der Waals surface area contributed by atoms with E-state index in [0.717, 1.165) is 28.1 Å². The number of hydrogen-bond donors (Lipinski definition) is 1. The van der Waals surface area contributed by atoms with Gasteiger partial charge in [0.2, 0.25) is 11.8 Å². The second-order valence-corrected chi connectivity index (χ2v) is 7.36. The van der Waals surface area contributed by atoms with Crippen molar-refractivity contribution in [3.8, 4) is 0 Å². The maximum atomic E-state index is 12.8. The number of nitrogens with zero attached hydrogens (tertiary/aromatic N) is 1. The molecule has 1 atom stereocenters. The summed E-state index contributed by atoms with van der Waals surface area (Å²) in [6.45, 7) is 8.69. The third kappa shape index (κ3) is 3.50. The van der Waals surface area contributed by atoms with Crippen LogP contribution in [0.3, 0.4) is 0 Å². The van der Waals surface area contributed by atoms with Crippen LogP contribution in [0.25, 0.3) is 0 Å². The van der Waals surface area contributed by atoms with Crippen molar-refractivity contribution >= 4 is 23.2 Å². The van der Waals surface area contributed by atoms with E-state index in [1.165, 1.54) is 0 Å². The Kier molecular flexibility index (Phi) is 5.12. The van der Waals surface area contributed by atoms with Gasteiger partial charge in [-0.15, -0.1) is 0 Å². The maximum absolute atomic E-state index is 12.8. The average Bonchev–Trinajstić information content (AvgIpc) is 2.99. The highest BCUT2D eigenvalue weighted by molar-refractivity contribution is 6.04. The minimum absolute atomic E-state index is 0.0102. The van der Waals surface area contributed by atoms with Crippen LogP contribution in [0, 0.1) is 19.8 Å². The van der Waals surface area contributed by atoms with Gasteiger partial charge in [0.05, 0.1) is 5.92 Å². The number of para-hydroxylation sites is 1. The number of amides is 2. The van der Waals surface area contributed by atoms with Crippen molar-refractivity contribution < 1.29 is 9.59 Å². The number of rotatable bonds is 4. The summed E-state index contributed by atoms with van der Waals surface area (Å²) in [5.74, 6) is -0.0824. The minimum Gasteiger partial charge on any atom is -0.326 e. The summed E-state index contributed by atoms with van der Waals surface area (Å²) in [6.07, 6.45) is 0.253. The fraction of sp³-hybridized carbons (Fsp3) is 0.364. The van der Waals surface area contributed by atoms with Crippen LogP contribution in [0.5, 0.6) is 0 Å². The highest BCUT2D eigenvalue weighted by Crippen LogP contribution is 2.31. The largest absolute Gasteiger partial charge is 0.326 e. The van der Waals surface area contributed by atoms with E-state index in [1.807, 2.05) is 56.3 Å². The van der Waals surface area contributed by atoms with Gasteiger partial charge in [0.15, 0.2) is 0 Å². The molecule has 136 valence electrons. The van der Waals surface area contributed by atoms with E-state index in [2.05, 4.69) is 19.2 Å². The van der Waals surface area contributed by atoms with Gasteiger partial charge in [0, 0.05) is 24.3 Å². The molecule has 1 N–H and O–H groups in total. The predicted octanol–water partition coefficient (Wildman–Crippen LogP) is 4.42. The van der Waals surface area contributed by atoms with E-state index in [9.17, 15) is 9.59 Å². The van der Waals surface area contributed by atoms with Crippen molar-refractivity contribution in [1.29, 1.82) is 0 Å². The lowest BCUT2D eigenvalue weighted by Gasteiger charge is -2.20. The summed E-state index contributed by atoms with van der Waals surface area (Å²) in [7, 11) is 0. The van der Waals surface area contributed by atoms with Gasteiger partial charge in [0.25, 0.3) is 0 Å². The zero-order chi connectivity index (χ0) is 18.8. The van der Waals surface area contributed by atoms with Gasteiger partial charge in [-0.25, -0.2) is 0 Å². The molecule has 0 spiro atoms. The quantitative estimate of drug-likeness (QED) is 0.887. The van der Waals surface area contributed by atoms with Crippen LogP contribution in [0.15, 0.2) is 42.5 Å². The van der Waals surface area contributed by atoms with Crippen LogP contribution in [0.2, 0.25) is 0 Å². The number of aryl methyl sites for hydroxylation is 1. The first-order chi connectivity index (χ1) is 12.4. The summed E-state index contributed by atoms with van der Waals surface area (Å²) < 4.78 is 0. The molecular weight excluding hydrogens is 324 g/mol. The lowest BCUT2D eigenvalue weighted by atomic mass is 10.0. The van der Waals surface area contributed by atoms with Crippen LogP contribution >= 0.6 is 0 Å². The molecule has 1 unspecified atom stereocenters. The zero-order valence-corrected chi connectivity index (χ0v) is 15.9. The van der Waals surface area contributed by atoms with E-state index < -0.39 is 0 Å². The Morgan fingerprint density at radius 1 is 1.12 bits per heavy atom. The summed E-state index contributed by atoms with van der Waals surface area (Å²) in [4.78, 5) is 27.1. The molecule has 2 aromatic carbocycles. The molecule has 3 rings (SSSR count). The van der Waals surface area contributed by atoms with Crippen LogP contribution in [0.4, 0.5) is 11.4 Å². The summed E-state index contributed by atoms with van der Waals surface area (Å²) in [5, 5.41) is 3.03. The number of anilines is 2. The highest BCUT2D eigenvalue weighted by atomic mass is 16.2. The van der Waals surface area contributed by atoms with E-state index in [1.54, 1.807) is 4.90 Å². The molecule has 1 fully saturated rings. The van der Waals surface area contributed by atoms with Gasteiger partial charge < -0.3 is 10.2 Å². The Labute approximate surface area is 155 Å². The molecule has 4 heteroatoms. The Balaban J connectivity index is 1.77. The lowest BCUT2D eigenvalue weighted by molar-refractivity contribution is -0.122. The third-order valence-electron chi connectivity index (χ3n) is 5.20. The Morgan fingerprint density at radius 3 is 2.58 bits per heavy atom. The Morgan fingerprint density at radius 2 is 1.85 bits per heavy atom. The highest BCUT2D eigenvalue weighted by Gasteiger charge is 2.36. The zero-order valence-electron chi connectivity index (χ0n) is 15.9. The first kappa shape index (κ1) is 18.2. The summed E-state index contributed by atoms with van der Waals surface area (Å²) >= 11 is 0.